The third-order valence-corrected chi connectivity index (χ3v) is 11.1. The van der Waals surface area contributed by atoms with Gasteiger partial charge >= 0.3 is 0 Å². The molecule has 1 aromatic rings. The summed E-state index contributed by atoms with van der Waals surface area (Å²) in [5.41, 5.74) is 0. The van der Waals surface area contributed by atoms with Gasteiger partial charge in [0.2, 0.25) is 5.89 Å². The molecule has 0 saturated carbocycles. The Hall–Kier alpha value is -0.900. The zero-order chi connectivity index (χ0) is 35.3. The summed E-state index contributed by atoms with van der Waals surface area (Å²) in [6, 6.07) is 0. The maximum Gasteiger partial charge on any atom is 0.227 e. The van der Waals surface area contributed by atoms with E-state index in [0.29, 0.717) is 0 Å². The fourth-order valence-electron chi connectivity index (χ4n) is 7.72. The van der Waals surface area contributed by atoms with Gasteiger partial charge in [-0.25, -0.2) is 0 Å². The van der Waals surface area contributed by atoms with Gasteiger partial charge in [-0.2, -0.15) is 4.98 Å². The maximum absolute atomic E-state index is 5.44. The van der Waals surface area contributed by atoms with E-state index in [9.17, 15) is 0 Å². The van der Waals surface area contributed by atoms with E-state index in [2.05, 4.69) is 35.8 Å². The van der Waals surface area contributed by atoms with Crippen LogP contribution in [0, 0.1) is 12.8 Å². The van der Waals surface area contributed by atoms with Crippen LogP contribution in [0.4, 0.5) is 0 Å². The van der Waals surface area contributed by atoms with Crippen LogP contribution in [0.5, 0.6) is 0 Å². The lowest BCUT2D eigenvalue weighted by molar-refractivity contribution is 0.251. The van der Waals surface area contributed by atoms with Crippen LogP contribution < -0.4 is 0 Å². The van der Waals surface area contributed by atoms with Crippen LogP contribution in [0.1, 0.15) is 251 Å². The average Bonchev–Trinajstić information content (AvgIpc) is 3.53. The predicted octanol–water partition coefficient (Wildman–Crippen LogP) is 15.2. The molecule has 1 rings (SSSR count). The molecule has 1 aromatic heterocycles. The lowest BCUT2D eigenvalue weighted by Crippen LogP contribution is -2.28. The molecule has 0 aliphatic carbocycles. The van der Waals surface area contributed by atoms with Crippen molar-refractivity contribution in [2.45, 2.75) is 252 Å². The first-order valence-corrected chi connectivity index (χ1v) is 22.7. The largest absolute Gasteiger partial charge is 0.339 e. The first kappa shape index (κ1) is 46.1. The Labute approximate surface area is 308 Å². The lowest BCUT2D eigenvalue weighted by Gasteiger charge is -2.21. The highest BCUT2D eigenvalue weighted by Crippen LogP contribution is 2.25. The van der Waals surface area contributed by atoms with E-state index in [-0.39, 0.29) is 0 Å². The highest BCUT2D eigenvalue weighted by Gasteiger charge is 2.11. The van der Waals surface area contributed by atoms with E-state index < -0.39 is 0 Å². The fraction of sp³-hybridized carbons (Fsp3) is 0.956. The number of unbranched alkanes of at least 4 members (excludes halogenated alkanes) is 27. The second kappa shape index (κ2) is 36.9. The minimum Gasteiger partial charge on any atom is -0.339 e. The molecule has 49 heavy (non-hydrogen) atoms. The summed E-state index contributed by atoms with van der Waals surface area (Å²) in [4.78, 5) is 7.16. The zero-order valence-corrected chi connectivity index (χ0v) is 34.2. The number of aryl methyl sites for hydroxylation is 1. The van der Waals surface area contributed by atoms with Crippen LogP contribution in [0.3, 0.4) is 0 Å². The van der Waals surface area contributed by atoms with Crippen molar-refractivity contribution in [3.63, 3.8) is 0 Å². The van der Waals surface area contributed by atoms with E-state index in [1.807, 2.05) is 6.92 Å². The Morgan fingerprint density at radius 2 is 0.755 bits per heavy atom. The number of rotatable bonds is 40. The number of aromatic nitrogens is 2. The first-order valence-electron chi connectivity index (χ1n) is 22.7. The fourth-order valence-corrected chi connectivity index (χ4v) is 7.72. The molecule has 0 saturated heterocycles. The van der Waals surface area contributed by atoms with Crippen LogP contribution in [-0.4, -0.2) is 34.7 Å². The van der Waals surface area contributed by atoms with Gasteiger partial charge < -0.3 is 9.42 Å². The van der Waals surface area contributed by atoms with Gasteiger partial charge in [-0.1, -0.05) is 231 Å². The summed E-state index contributed by atoms with van der Waals surface area (Å²) in [6.45, 7) is 12.4. The molecule has 0 aromatic carbocycles. The van der Waals surface area contributed by atoms with Crippen molar-refractivity contribution in [3.8, 4) is 0 Å². The summed E-state index contributed by atoms with van der Waals surface area (Å²) >= 11 is 0. The van der Waals surface area contributed by atoms with E-state index in [1.54, 1.807) is 0 Å². The van der Waals surface area contributed by atoms with Gasteiger partial charge in [0.1, 0.15) is 0 Å². The van der Waals surface area contributed by atoms with Crippen LogP contribution >= 0.6 is 0 Å². The van der Waals surface area contributed by atoms with Crippen molar-refractivity contribution in [1.82, 2.24) is 15.0 Å². The lowest BCUT2D eigenvalue weighted by atomic mass is 9.89. The van der Waals surface area contributed by atoms with Gasteiger partial charge in [-0.15, -0.1) is 0 Å². The van der Waals surface area contributed by atoms with Crippen molar-refractivity contribution >= 4 is 0 Å². The van der Waals surface area contributed by atoms with E-state index in [4.69, 9.17) is 4.52 Å². The second-order valence-corrected chi connectivity index (χ2v) is 16.0. The average molecular weight is 688 g/mol. The molecule has 1 heterocycles. The molecule has 4 heteroatoms. The molecule has 0 N–H and O–H groups in total. The normalized spacial score (nSPS) is 11.9. The quantitative estimate of drug-likeness (QED) is 0.0644. The Morgan fingerprint density at radius 3 is 1.08 bits per heavy atom. The molecule has 0 atom stereocenters. The summed E-state index contributed by atoms with van der Waals surface area (Å²) in [5.74, 6) is 2.56. The van der Waals surface area contributed by atoms with Crippen molar-refractivity contribution in [3.05, 3.63) is 11.7 Å². The summed E-state index contributed by atoms with van der Waals surface area (Å²) < 4.78 is 5.44. The monoisotopic (exact) mass is 688 g/mol. The van der Waals surface area contributed by atoms with E-state index in [1.165, 1.54) is 231 Å². The molecule has 0 amide bonds. The van der Waals surface area contributed by atoms with Gasteiger partial charge in [-0.05, 0) is 38.8 Å². The predicted molar refractivity (Wildman–Crippen MR) is 217 cm³/mol. The number of hydrogen-bond acceptors (Lipinski definition) is 4. The maximum atomic E-state index is 5.44. The smallest absolute Gasteiger partial charge is 0.227 e. The molecule has 4 nitrogen and oxygen atoms in total. The molecule has 0 aliphatic heterocycles. The SMILES string of the molecule is CCCCCCCCCCCCCCCCN(CCCCCCCC(CCCCCCCC)CCCCCCCC)CCc1nc(C)no1. The van der Waals surface area contributed by atoms with Crippen LogP contribution in [0.15, 0.2) is 4.52 Å². The molecule has 0 unspecified atom stereocenters. The van der Waals surface area contributed by atoms with Crippen molar-refractivity contribution in [1.29, 1.82) is 0 Å². The Balaban J connectivity index is 2.23. The third kappa shape index (κ3) is 31.6. The highest BCUT2D eigenvalue weighted by atomic mass is 16.5. The molecule has 290 valence electrons. The summed E-state index contributed by atoms with van der Waals surface area (Å²) in [5, 5.41) is 4.01. The minimum absolute atomic E-state index is 0.759. The highest BCUT2D eigenvalue weighted by molar-refractivity contribution is 4.83. The minimum atomic E-state index is 0.759. The van der Waals surface area contributed by atoms with Gasteiger partial charge in [0.05, 0.1) is 0 Å². The number of nitrogens with zero attached hydrogens (tertiary/aromatic N) is 3. The second-order valence-electron chi connectivity index (χ2n) is 16.0. The Morgan fingerprint density at radius 1 is 0.429 bits per heavy atom. The molecule has 0 fully saturated rings. The van der Waals surface area contributed by atoms with Gasteiger partial charge in [0.15, 0.2) is 5.82 Å². The van der Waals surface area contributed by atoms with E-state index in [0.717, 1.165) is 30.6 Å². The van der Waals surface area contributed by atoms with Crippen LogP contribution in [0.25, 0.3) is 0 Å². The third-order valence-electron chi connectivity index (χ3n) is 11.1. The first-order chi connectivity index (χ1) is 24.2. The van der Waals surface area contributed by atoms with Crippen LogP contribution in [0.2, 0.25) is 0 Å². The topological polar surface area (TPSA) is 42.2 Å². The van der Waals surface area contributed by atoms with Crippen molar-refractivity contribution < 1.29 is 4.52 Å². The van der Waals surface area contributed by atoms with Crippen molar-refractivity contribution in [2.75, 3.05) is 19.6 Å². The molecule has 0 aliphatic rings. The van der Waals surface area contributed by atoms with Gasteiger partial charge in [-0.3, -0.25) is 0 Å². The number of hydrogen-bond donors (Lipinski definition) is 0. The molecule has 0 spiro atoms. The van der Waals surface area contributed by atoms with Gasteiger partial charge in [0.25, 0.3) is 0 Å². The molecule has 0 radical (unpaired) electrons. The molecular formula is C45H89N3O. The van der Waals surface area contributed by atoms with E-state index >= 15 is 0 Å². The summed E-state index contributed by atoms with van der Waals surface area (Å²) in [6.07, 6.45) is 49.6. The van der Waals surface area contributed by atoms with Gasteiger partial charge in [0, 0.05) is 13.0 Å². The molecular weight excluding hydrogens is 599 g/mol. The Bertz CT molecular complexity index is 748. The standard InChI is InChI=1S/C45H89N3O/c1-5-8-11-14-17-18-19-20-21-22-23-24-29-34-40-48(42-39-45-46-43(4)47-49-45)41-35-30-25-28-33-38-44(36-31-26-15-12-9-6-2)37-32-27-16-13-10-7-3/h44H,5-42H2,1-4H3. The van der Waals surface area contributed by atoms with Crippen molar-refractivity contribution in [2.24, 2.45) is 5.92 Å². The summed E-state index contributed by atoms with van der Waals surface area (Å²) in [7, 11) is 0. The zero-order valence-electron chi connectivity index (χ0n) is 34.2. The molecule has 0 bridgehead atoms. The Kier molecular flexibility index (Phi) is 34.7. The van der Waals surface area contributed by atoms with Crippen LogP contribution in [-0.2, 0) is 6.42 Å².